The lowest BCUT2D eigenvalue weighted by molar-refractivity contribution is 0.0460. The molecule has 0 atom stereocenters. The summed E-state index contributed by atoms with van der Waals surface area (Å²) in [4.78, 5) is 40.5. The Balaban J connectivity index is 1.66. The zero-order chi connectivity index (χ0) is 31.7. The van der Waals surface area contributed by atoms with E-state index in [4.69, 9.17) is 14.2 Å². The van der Waals surface area contributed by atoms with Gasteiger partial charge in [-0.2, -0.15) is 8.42 Å². The topological polar surface area (TPSA) is 133 Å². The van der Waals surface area contributed by atoms with Crippen LogP contribution in [0, 0.1) is 0 Å². The van der Waals surface area contributed by atoms with Crippen molar-refractivity contribution in [2.75, 3.05) is 4.90 Å². The highest BCUT2D eigenvalue weighted by molar-refractivity contribution is 7.88. The molecule has 0 unspecified atom stereocenters. The van der Waals surface area contributed by atoms with Crippen LogP contribution in [0.2, 0.25) is 0 Å². The van der Waals surface area contributed by atoms with Crippen LogP contribution in [0.25, 0.3) is 0 Å². The average molecular weight is 620 g/mol. The van der Waals surface area contributed by atoms with Gasteiger partial charge in [0.25, 0.3) is 0 Å². The minimum atomic E-state index is -4.69. The van der Waals surface area contributed by atoms with Crippen LogP contribution in [0.5, 0.6) is 0 Å². The molecule has 230 valence electrons. The molecule has 0 saturated carbocycles. The second-order valence-corrected chi connectivity index (χ2v) is 12.2. The van der Waals surface area contributed by atoms with Gasteiger partial charge in [-0.3, -0.25) is 4.90 Å². The lowest BCUT2D eigenvalue weighted by Gasteiger charge is -2.27. The summed E-state index contributed by atoms with van der Waals surface area (Å²) < 4.78 is 45.3. The lowest BCUT2D eigenvalue weighted by Crippen LogP contribution is -2.38. The predicted molar refractivity (Wildman–Crippen MR) is 163 cm³/mol. The molecule has 0 radical (unpaired) electrons. The van der Waals surface area contributed by atoms with Crippen LogP contribution in [0.4, 0.5) is 15.3 Å². The van der Waals surface area contributed by atoms with Crippen LogP contribution < -0.4 is 9.62 Å². The first kappa shape index (κ1) is 31.8. The number of anilines is 1. The Hall–Kier alpha value is -5.10. The van der Waals surface area contributed by atoms with E-state index in [2.05, 4.69) is 0 Å². The van der Waals surface area contributed by atoms with Gasteiger partial charge in [-0.15, -0.1) is 0 Å². The van der Waals surface area contributed by atoms with E-state index in [1.54, 1.807) is 112 Å². The number of carbonyl (C=O) groups is 3. The van der Waals surface area contributed by atoms with Crippen LogP contribution in [0.1, 0.15) is 48.0 Å². The van der Waals surface area contributed by atoms with Gasteiger partial charge in [0, 0.05) is 17.4 Å². The molecule has 0 aliphatic heterocycles. The molecular weight excluding hydrogens is 586 g/mol. The van der Waals surface area contributed by atoms with E-state index < -0.39 is 39.7 Å². The lowest BCUT2D eigenvalue weighted by atomic mass is 10.2. The standard InChI is InChI=1S/C32H33N3O8S/c1-32(2,3)43-31(38)34(27-17-11-6-12-18-27)21-26-19-20-35(28(26)29(36)41-22-24-13-7-4-8-14-24)44(39,40)33-30(37)42-23-25-15-9-5-10-16-25/h4-20H,21-23H2,1-3H3,(H,33,37). The first-order valence-electron chi connectivity index (χ1n) is 13.6. The number of carbonyl (C=O) groups excluding carboxylic acids is 3. The summed E-state index contributed by atoms with van der Waals surface area (Å²) >= 11 is 0. The smallest absolute Gasteiger partial charge is 0.422 e. The molecule has 3 aromatic carbocycles. The molecule has 0 fully saturated rings. The van der Waals surface area contributed by atoms with Crippen LogP contribution in [-0.4, -0.2) is 36.1 Å². The summed E-state index contributed by atoms with van der Waals surface area (Å²) in [6, 6.07) is 27.5. The summed E-state index contributed by atoms with van der Waals surface area (Å²) in [5.41, 5.74) is 0.654. The van der Waals surface area contributed by atoms with Crippen molar-refractivity contribution in [3.05, 3.63) is 126 Å². The molecule has 12 heteroatoms. The van der Waals surface area contributed by atoms with E-state index in [-0.39, 0.29) is 25.3 Å². The number of nitrogens with zero attached hydrogens (tertiary/aromatic N) is 2. The van der Waals surface area contributed by atoms with Gasteiger partial charge in [0.05, 0.1) is 6.54 Å². The quantitative estimate of drug-likeness (QED) is 0.174. The van der Waals surface area contributed by atoms with Crippen molar-refractivity contribution < 1.29 is 37.0 Å². The van der Waals surface area contributed by atoms with Crippen LogP contribution in [-0.2, 0) is 44.2 Å². The van der Waals surface area contributed by atoms with Crippen molar-refractivity contribution in [3.8, 4) is 0 Å². The fourth-order valence-electron chi connectivity index (χ4n) is 4.06. The third-order valence-electron chi connectivity index (χ3n) is 6.04. The van der Waals surface area contributed by atoms with Crippen molar-refractivity contribution in [2.24, 2.45) is 0 Å². The molecule has 1 aromatic heterocycles. The number of benzene rings is 3. The van der Waals surface area contributed by atoms with E-state index in [9.17, 15) is 22.8 Å². The predicted octanol–water partition coefficient (Wildman–Crippen LogP) is 5.81. The first-order chi connectivity index (χ1) is 20.9. The Morgan fingerprint density at radius 3 is 1.84 bits per heavy atom. The Labute approximate surface area is 256 Å². The van der Waals surface area contributed by atoms with Gasteiger partial charge in [-0.1, -0.05) is 78.9 Å². The van der Waals surface area contributed by atoms with Crippen molar-refractivity contribution >= 4 is 34.1 Å². The highest BCUT2D eigenvalue weighted by Crippen LogP contribution is 2.24. The molecule has 0 bridgehead atoms. The zero-order valence-corrected chi connectivity index (χ0v) is 25.3. The highest BCUT2D eigenvalue weighted by Gasteiger charge is 2.31. The molecule has 1 heterocycles. The van der Waals surface area contributed by atoms with Crippen molar-refractivity contribution in [3.63, 3.8) is 0 Å². The number of nitrogens with one attached hydrogen (secondary N) is 1. The minimum absolute atomic E-state index is 0.126. The van der Waals surface area contributed by atoms with Gasteiger partial charge >= 0.3 is 28.4 Å². The van der Waals surface area contributed by atoms with Gasteiger partial charge in [0.1, 0.15) is 24.5 Å². The number of aromatic nitrogens is 1. The first-order valence-corrected chi connectivity index (χ1v) is 15.1. The minimum Gasteiger partial charge on any atom is -0.456 e. The SMILES string of the molecule is CC(C)(C)OC(=O)N(Cc1ccn(S(=O)(=O)NC(=O)OCc2ccccc2)c1C(=O)OCc1ccccc1)c1ccccc1. The van der Waals surface area contributed by atoms with Crippen molar-refractivity contribution in [2.45, 2.75) is 46.1 Å². The van der Waals surface area contributed by atoms with Gasteiger partial charge < -0.3 is 14.2 Å². The van der Waals surface area contributed by atoms with E-state index in [1.165, 1.54) is 11.0 Å². The Bertz CT molecular complexity index is 1680. The number of rotatable bonds is 10. The maximum Gasteiger partial charge on any atom is 0.422 e. The van der Waals surface area contributed by atoms with Gasteiger partial charge in [0.2, 0.25) is 0 Å². The number of amides is 2. The molecule has 4 rings (SSSR count). The fraction of sp³-hybridized carbons (Fsp3) is 0.219. The second kappa shape index (κ2) is 13.9. The van der Waals surface area contributed by atoms with Gasteiger partial charge in [-0.25, -0.2) is 23.1 Å². The molecule has 44 heavy (non-hydrogen) atoms. The molecule has 0 aliphatic carbocycles. The molecule has 0 spiro atoms. The van der Waals surface area contributed by atoms with E-state index in [0.717, 1.165) is 6.20 Å². The summed E-state index contributed by atoms with van der Waals surface area (Å²) in [5.74, 6) is -0.992. The van der Waals surface area contributed by atoms with Crippen molar-refractivity contribution in [1.29, 1.82) is 0 Å². The number of hydrogen-bond donors (Lipinski definition) is 1. The monoisotopic (exact) mass is 619 g/mol. The highest BCUT2D eigenvalue weighted by atomic mass is 32.2. The van der Waals surface area contributed by atoms with E-state index >= 15 is 0 Å². The molecule has 11 nitrogen and oxygen atoms in total. The second-order valence-electron chi connectivity index (χ2n) is 10.6. The Morgan fingerprint density at radius 2 is 1.30 bits per heavy atom. The number of ether oxygens (including phenoxy) is 3. The Morgan fingerprint density at radius 1 is 0.773 bits per heavy atom. The molecular formula is C32H33N3O8S. The normalized spacial score (nSPS) is 11.3. The summed E-state index contributed by atoms with van der Waals surface area (Å²) in [7, 11) is -4.69. The summed E-state index contributed by atoms with van der Waals surface area (Å²) in [6.45, 7) is 4.57. The third kappa shape index (κ3) is 8.71. The molecule has 0 saturated heterocycles. The van der Waals surface area contributed by atoms with Crippen molar-refractivity contribution in [1.82, 2.24) is 8.69 Å². The number of esters is 1. The fourth-order valence-corrected chi connectivity index (χ4v) is 5.08. The summed E-state index contributed by atoms with van der Waals surface area (Å²) in [6.07, 6.45) is -0.864. The molecule has 4 aromatic rings. The van der Waals surface area contributed by atoms with Crippen LogP contribution >= 0.6 is 0 Å². The molecule has 0 aliphatic rings. The summed E-state index contributed by atoms with van der Waals surface area (Å²) in [5, 5.41) is 0. The largest absolute Gasteiger partial charge is 0.456 e. The zero-order valence-electron chi connectivity index (χ0n) is 24.5. The van der Waals surface area contributed by atoms with E-state index in [0.29, 0.717) is 20.8 Å². The third-order valence-corrected chi connectivity index (χ3v) is 7.28. The average Bonchev–Trinajstić information content (AvgIpc) is 3.43. The number of hydrogen-bond acceptors (Lipinski definition) is 8. The van der Waals surface area contributed by atoms with Gasteiger partial charge in [-0.05, 0) is 50.1 Å². The van der Waals surface area contributed by atoms with E-state index in [1.807, 2.05) is 4.72 Å². The van der Waals surface area contributed by atoms with Crippen LogP contribution in [0.15, 0.2) is 103 Å². The Kier molecular flexibility index (Phi) is 10.1. The van der Waals surface area contributed by atoms with Crippen LogP contribution in [0.3, 0.4) is 0 Å². The molecule has 2 amide bonds. The maximum absolute atomic E-state index is 13.5. The van der Waals surface area contributed by atoms with Gasteiger partial charge in [0.15, 0.2) is 0 Å². The number of para-hydroxylation sites is 1. The maximum atomic E-state index is 13.5. The molecule has 1 N–H and O–H groups in total.